The van der Waals surface area contributed by atoms with Crippen molar-refractivity contribution in [3.05, 3.63) is 0 Å². The van der Waals surface area contributed by atoms with Gasteiger partial charge in [0.25, 0.3) is 0 Å². The summed E-state index contributed by atoms with van der Waals surface area (Å²) < 4.78 is 0. The minimum Gasteiger partial charge on any atom is -0.385 e. The standard InChI is InChI=1S/C7H12O2/c1-2-5-3-6(8)7(9)4-5/h5-6,8H,2-4H2,1H3. The van der Waals surface area contributed by atoms with Crippen LogP contribution in [0.4, 0.5) is 0 Å². The van der Waals surface area contributed by atoms with Crippen LogP contribution in [0.1, 0.15) is 26.2 Å². The number of Topliss-reactive ketones (excluding diaryl/α,β-unsaturated/α-hetero) is 1. The number of carbonyl (C=O) groups is 1. The van der Waals surface area contributed by atoms with Gasteiger partial charge in [0, 0.05) is 6.42 Å². The van der Waals surface area contributed by atoms with Crippen molar-refractivity contribution in [3.63, 3.8) is 0 Å². The molecular weight excluding hydrogens is 116 g/mol. The third-order valence-corrected chi connectivity index (χ3v) is 2.00. The third-order valence-electron chi connectivity index (χ3n) is 2.00. The largest absolute Gasteiger partial charge is 0.385 e. The van der Waals surface area contributed by atoms with Gasteiger partial charge < -0.3 is 5.11 Å². The molecule has 2 unspecified atom stereocenters. The lowest BCUT2D eigenvalue weighted by Crippen LogP contribution is -2.10. The van der Waals surface area contributed by atoms with Gasteiger partial charge in [-0.05, 0) is 12.3 Å². The van der Waals surface area contributed by atoms with Crippen LogP contribution in [0.3, 0.4) is 0 Å². The summed E-state index contributed by atoms with van der Waals surface area (Å²) in [6, 6.07) is 0. The van der Waals surface area contributed by atoms with Gasteiger partial charge in [-0.15, -0.1) is 0 Å². The number of rotatable bonds is 1. The highest BCUT2D eigenvalue weighted by molar-refractivity contribution is 5.85. The van der Waals surface area contributed by atoms with Crippen molar-refractivity contribution >= 4 is 5.78 Å². The van der Waals surface area contributed by atoms with Crippen LogP contribution >= 0.6 is 0 Å². The molecule has 2 heteroatoms. The van der Waals surface area contributed by atoms with E-state index >= 15 is 0 Å². The molecule has 1 fully saturated rings. The first-order valence-electron chi connectivity index (χ1n) is 3.44. The van der Waals surface area contributed by atoms with E-state index < -0.39 is 6.10 Å². The predicted molar refractivity (Wildman–Crippen MR) is 34.0 cm³/mol. The van der Waals surface area contributed by atoms with Gasteiger partial charge in [0.1, 0.15) is 6.10 Å². The highest BCUT2D eigenvalue weighted by Gasteiger charge is 2.29. The Morgan fingerprint density at radius 3 is 2.67 bits per heavy atom. The molecule has 0 aromatic rings. The number of aliphatic hydroxyl groups is 1. The number of carbonyl (C=O) groups excluding carboxylic acids is 1. The monoisotopic (exact) mass is 128 g/mol. The number of aliphatic hydroxyl groups excluding tert-OH is 1. The Bertz CT molecular complexity index is 120. The Morgan fingerprint density at radius 1 is 1.78 bits per heavy atom. The normalized spacial score (nSPS) is 35.6. The van der Waals surface area contributed by atoms with Crippen LogP contribution in [0.25, 0.3) is 0 Å². The zero-order chi connectivity index (χ0) is 6.85. The van der Waals surface area contributed by atoms with Crippen molar-refractivity contribution < 1.29 is 9.90 Å². The van der Waals surface area contributed by atoms with E-state index in [1.54, 1.807) is 0 Å². The fourth-order valence-corrected chi connectivity index (χ4v) is 1.26. The number of hydrogen-bond donors (Lipinski definition) is 1. The highest BCUT2D eigenvalue weighted by atomic mass is 16.3. The molecule has 0 aliphatic heterocycles. The minimum absolute atomic E-state index is 0.0295. The average molecular weight is 128 g/mol. The average Bonchev–Trinajstić information content (AvgIpc) is 2.13. The highest BCUT2D eigenvalue weighted by Crippen LogP contribution is 2.24. The number of ketones is 1. The van der Waals surface area contributed by atoms with Gasteiger partial charge in [0.2, 0.25) is 0 Å². The van der Waals surface area contributed by atoms with Crippen LogP contribution in [-0.4, -0.2) is 17.0 Å². The smallest absolute Gasteiger partial charge is 0.161 e. The molecule has 1 aliphatic rings. The van der Waals surface area contributed by atoms with E-state index in [4.69, 9.17) is 5.11 Å². The maximum atomic E-state index is 10.7. The van der Waals surface area contributed by atoms with Crippen LogP contribution in [0.2, 0.25) is 0 Å². The molecule has 0 bridgehead atoms. The predicted octanol–water partition coefficient (Wildman–Crippen LogP) is 0.736. The van der Waals surface area contributed by atoms with Crippen molar-refractivity contribution in [1.82, 2.24) is 0 Å². The fraction of sp³-hybridized carbons (Fsp3) is 0.857. The van der Waals surface area contributed by atoms with Crippen LogP contribution in [0.5, 0.6) is 0 Å². The number of hydrogen-bond acceptors (Lipinski definition) is 2. The van der Waals surface area contributed by atoms with E-state index in [1.807, 2.05) is 0 Å². The molecule has 2 nitrogen and oxygen atoms in total. The summed E-state index contributed by atoms with van der Waals surface area (Å²) in [5.74, 6) is 0.481. The van der Waals surface area contributed by atoms with E-state index in [0.29, 0.717) is 18.8 Å². The molecule has 0 radical (unpaired) electrons. The van der Waals surface area contributed by atoms with Gasteiger partial charge in [0.15, 0.2) is 5.78 Å². The lowest BCUT2D eigenvalue weighted by Gasteiger charge is -2.00. The van der Waals surface area contributed by atoms with Crippen LogP contribution in [0.15, 0.2) is 0 Å². The van der Waals surface area contributed by atoms with Gasteiger partial charge in [-0.25, -0.2) is 0 Å². The molecule has 1 aliphatic carbocycles. The zero-order valence-corrected chi connectivity index (χ0v) is 5.63. The zero-order valence-electron chi connectivity index (χ0n) is 5.63. The maximum absolute atomic E-state index is 10.7. The maximum Gasteiger partial charge on any atom is 0.161 e. The van der Waals surface area contributed by atoms with Gasteiger partial charge in [-0.1, -0.05) is 13.3 Å². The van der Waals surface area contributed by atoms with Gasteiger partial charge >= 0.3 is 0 Å². The molecule has 0 spiro atoms. The second-order valence-electron chi connectivity index (χ2n) is 2.70. The van der Waals surface area contributed by atoms with Crippen molar-refractivity contribution in [1.29, 1.82) is 0 Å². The minimum atomic E-state index is -0.644. The summed E-state index contributed by atoms with van der Waals surface area (Å²) in [4.78, 5) is 10.7. The van der Waals surface area contributed by atoms with Gasteiger partial charge in [0.05, 0.1) is 0 Å². The molecule has 52 valence electrons. The first-order chi connectivity index (χ1) is 4.24. The summed E-state index contributed by atoms with van der Waals surface area (Å²) >= 11 is 0. The van der Waals surface area contributed by atoms with Gasteiger partial charge in [-0.2, -0.15) is 0 Å². The fourth-order valence-electron chi connectivity index (χ4n) is 1.26. The van der Waals surface area contributed by atoms with Crippen LogP contribution in [-0.2, 0) is 4.79 Å². The van der Waals surface area contributed by atoms with Crippen molar-refractivity contribution in [3.8, 4) is 0 Å². The second-order valence-corrected chi connectivity index (χ2v) is 2.70. The van der Waals surface area contributed by atoms with Crippen molar-refractivity contribution in [2.45, 2.75) is 32.3 Å². The summed E-state index contributed by atoms with van der Waals surface area (Å²) in [5, 5.41) is 8.95. The summed E-state index contributed by atoms with van der Waals surface area (Å²) in [6.07, 6.45) is 1.66. The summed E-state index contributed by atoms with van der Waals surface area (Å²) in [5.41, 5.74) is 0. The summed E-state index contributed by atoms with van der Waals surface area (Å²) in [7, 11) is 0. The van der Waals surface area contributed by atoms with E-state index in [0.717, 1.165) is 6.42 Å². The molecule has 0 saturated heterocycles. The van der Waals surface area contributed by atoms with Crippen LogP contribution in [0, 0.1) is 5.92 Å². The Morgan fingerprint density at radius 2 is 2.44 bits per heavy atom. The van der Waals surface area contributed by atoms with E-state index in [-0.39, 0.29) is 5.78 Å². The molecule has 9 heavy (non-hydrogen) atoms. The second kappa shape index (κ2) is 2.48. The SMILES string of the molecule is CCC1CC(=O)C(O)C1. The van der Waals surface area contributed by atoms with E-state index in [1.165, 1.54) is 0 Å². The summed E-state index contributed by atoms with van der Waals surface area (Å²) in [6.45, 7) is 2.05. The quantitative estimate of drug-likeness (QED) is 0.565. The molecule has 1 rings (SSSR count). The third kappa shape index (κ3) is 1.30. The van der Waals surface area contributed by atoms with Crippen LogP contribution < -0.4 is 0 Å². The molecular formula is C7H12O2. The molecule has 1 saturated carbocycles. The molecule has 1 N–H and O–H groups in total. The topological polar surface area (TPSA) is 37.3 Å². The van der Waals surface area contributed by atoms with Gasteiger partial charge in [-0.3, -0.25) is 4.79 Å². The molecule has 2 atom stereocenters. The molecule has 0 amide bonds. The Labute approximate surface area is 54.9 Å². The first-order valence-corrected chi connectivity index (χ1v) is 3.44. The molecule has 0 heterocycles. The first kappa shape index (κ1) is 6.75. The Hall–Kier alpha value is -0.370. The lowest BCUT2D eigenvalue weighted by atomic mass is 10.1. The van der Waals surface area contributed by atoms with E-state index in [9.17, 15) is 4.79 Å². The Balaban J connectivity index is 2.44. The van der Waals surface area contributed by atoms with Crippen molar-refractivity contribution in [2.24, 2.45) is 5.92 Å². The Kier molecular flexibility index (Phi) is 1.86. The van der Waals surface area contributed by atoms with E-state index in [2.05, 4.69) is 6.92 Å². The molecule has 0 aromatic heterocycles. The van der Waals surface area contributed by atoms with Crippen molar-refractivity contribution in [2.75, 3.05) is 0 Å². The molecule has 0 aromatic carbocycles. The lowest BCUT2D eigenvalue weighted by molar-refractivity contribution is -0.124.